The lowest BCUT2D eigenvalue weighted by atomic mass is 9.99. The van der Waals surface area contributed by atoms with E-state index in [4.69, 9.17) is 21.7 Å². The maximum atomic E-state index is 13.0. The SMILES string of the molecule is CCCC[C@H](CC)CNC(=S)N1C[C@H](C(=O)N2CCOCC2)Oc2ccccc21. The third kappa shape index (κ3) is 5.60. The minimum Gasteiger partial charge on any atom is -0.476 e. The molecule has 1 amide bonds. The van der Waals surface area contributed by atoms with Crippen molar-refractivity contribution in [3.63, 3.8) is 0 Å². The van der Waals surface area contributed by atoms with Crippen LogP contribution in [0.25, 0.3) is 0 Å². The van der Waals surface area contributed by atoms with Crippen LogP contribution in [0, 0.1) is 5.92 Å². The van der Waals surface area contributed by atoms with Gasteiger partial charge in [-0.3, -0.25) is 4.79 Å². The summed E-state index contributed by atoms with van der Waals surface area (Å²) in [5.41, 5.74) is 0.914. The van der Waals surface area contributed by atoms with Crippen LogP contribution in [0.3, 0.4) is 0 Å². The van der Waals surface area contributed by atoms with Crippen LogP contribution in [0.4, 0.5) is 5.69 Å². The average molecular weight is 420 g/mol. The number of carbonyl (C=O) groups is 1. The van der Waals surface area contributed by atoms with Gasteiger partial charge in [0, 0.05) is 19.6 Å². The van der Waals surface area contributed by atoms with Gasteiger partial charge in [-0.1, -0.05) is 45.2 Å². The van der Waals surface area contributed by atoms with Gasteiger partial charge in [0.15, 0.2) is 11.2 Å². The number of nitrogens with zero attached hydrogens (tertiary/aromatic N) is 2. The lowest BCUT2D eigenvalue weighted by Crippen LogP contribution is -2.55. The van der Waals surface area contributed by atoms with Gasteiger partial charge in [0.1, 0.15) is 5.75 Å². The van der Waals surface area contributed by atoms with Gasteiger partial charge in [0.2, 0.25) is 0 Å². The second-order valence-electron chi connectivity index (χ2n) is 7.73. The summed E-state index contributed by atoms with van der Waals surface area (Å²) in [7, 11) is 0. The zero-order valence-electron chi connectivity index (χ0n) is 17.6. The Morgan fingerprint density at radius 2 is 2.03 bits per heavy atom. The highest BCUT2D eigenvalue weighted by Gasteiger charge is 2.35. The summed E-state index contributed by atoms with van der Waals surface area (Å²) >= 11 is 5.74. The molecule has 29 heavy (non-hydrogen) atoms. The molecule has 1 aromatic rings. The van der Waals surface area contributed by atoms with Crippen molar-refractivity contribution >= 4 is 28.9 Å². The Morgan fingerprint density at radius 1 is 1.28 bits per heavy atom. The monoisotopic (exact) mass is 419 g/mol. The van der Waals surface area contributed by atoms with Crippen molar-refractivity contribution in [1.82, 2.24) is 10.2 Å². The quantitative estimate of drug-likeness (QED) is 0.685. The Morgan fingerprint density at radius 3 is 2.76 bits per heavy atom. The number of ether oxygens (including phenoxy) is 2. The molecule has 2 heterocycles. The van der Waals surface area contributed by atoms with E-state index in [1.54, 1.807) is 0 Å². The highest BCUT2D eigenvalue weighted by Crippen LogP contribution is 2.33. The van der Waals surface area contributed by atoms with E-state index in [-0.39, 0.29) is 5.91 Å². The second kappa shape index (κ2) is 10.8. The van der Waals surface area contributed by atoms with Gasteiger partial charge in [-0.15, -0.1) is 0 Å². The van der Waals surface area contributed by atoms with Crippen LogP contribution in [0.1, 0.15) is 39.5 Å². The molecular weight excluding hydrogens is 386 g/mol. The van der Waals surface area contributed by atoms with Gasteiger partial charge in [-0.2, -0.15) is 0 Å². The number of carbonyl (C=O) groups excluding carboxylic acids is 1. The molecule has 2 atom stereocenters. The van der Waals surface area contributed by atoms with E-state index in [0.717, 1.165) is 18.7 Å². The minimum absolute atomic E-state index is 0.00461. The number of nitrogens with one attached hydrogen (secondary N) is 1. The summed E-state index contributed by atoms with van der Waals surface area (Å²) in [5.74, 6) is 1.31. The van der Waals surface area contributed by atoms with Gasteiger partial charge in [0.05, 0.1) is 25.4 Å². The first-order valence-corrected chi connectivity index (χ1v) is 11.2. The van der Waals surface area contributed by atoms with Crippen molar-refractivity contribution in [3.05, 3.63) is 24.3 Å². The number of benzene rings is 1. The average Bonchev–Trinajstić information content (AvgIpc) is 2.78. The van der Waals surface area contributed by atoms with E-state index in [0.29, 0.717) is 49.6 Å². The van der Waals surface area contributed by atoms with Crippen LogP contribution in [-0.4, -0.2) is 61.4 Å². The molecule has 0 bridgehead atoms. The molecule has 1 N–H and O–H groups in total. The lowest BCUT2D eigenvalue weighted by Gasteiger charge is -2.38. The second-order valence-corrected chi connectivity index (χ2v) is 8.11. The van der Waals surface area contributed by atoms with Gasteiger partial charge in [0.25, 0.3) is 5.91 Å². The van der Waals surface area contributed by atoms with Crippen LogP contribution >= 0.6 is 12.2 Å². The van der Waals surface area contributed by atoms with Crippen molar-refractivity contribution in [2.24, 2.45) is 5.92 Å². The number of unbranched alkanes of at least 4 members (excludes halogenated alkanes) is 1. The molecule has 1 fully saturated rings. The minimum atomic E-state index is -0.565. The molecule has 3 rings (SSSR count). The number of thiocarbonyl (C=S) groups is 1. The zero-order valence-corrected chi connectivity index (χ0v) is 18.4. The van der Waals surface area contributed by atoms with Gasteiger partial charge < -0.3 is 24.6 Å². The van der Waals surface area contributed by atoms with Gasteiger partial charge >= 0.3 is 0 Å². The Balaban J connectivity index is 1.69. The Hall–Kier alpha value is -1.86. The summed E-state index contributed by atoms with van der Waals surface area (Å²) in [6, 6.07) is 7.79. The first-order valence-electron chi connectivity index (χ1n) is 10.8. The van der Waals surface area contributed by atoms with E-state index < -0.39 is 6.10 Å². The van der Waals surface area contributed by atoms with E-state index in [2.05, 4.69) is 19.2 Å². The van der Waals surface area contributed by atoms with Crippen molar-refractivity contribution in [2.75, 3.05) is 44.3 Å². The van der Waals surface area contributed by atoms with Crippen molar-refractivity contribution < 1.29 is 14.3 Å². The summed E-state index contributed by atoms with van der Waals surface area (Å²) in [4.78, 5) is 16.9. The van der Waals surface area contributed by atoms with Crippen LogP contribution in [0.2, 0.25) is 0 Å². The standard InChI is InChI=1S/C22H33N3O3S/c1-3-5-8-17(4-2)15-23-22(29)25-16-20(21(26)24-11-13-27-14-12-24)28-19-10-7-6-9-18(19)25/h6-7,9-10,17,20H,3-5,8,11-16H2,1-2H3,(H,23,29)/t17-,20+/m0/s1. The zero-order chi connectivity index (χ0) is 20.6. The fraction of sp³-hybridized carbons (Fsp3) is 0.636. The van der Waals surface area contributed by atoms with Gasteiger partial charge in [-0.05, 0) is 36.7 Å². The molecule has 2 aliphatic heterocycles. The molecule has 0 unspecified atom stereocenters. The number of hydrogen-bond donors (Lipinski definition) is 1. The molecule has 7 heteroatoms. The number of rotatable bonds is 7. The van der Waals surface area contributed by atoms with E-state index in [1.165, 1.54) is 19.3 Å². The molecule has 1 aromatic carbocycles. The highest BCUT2D eigenvalue weighted by molar-refractivity contribution is 7.80. The van der Waals surface area contributed by atoms with E-state index in [1.807, 2.05) is 34.1 Å². The summed E-state index contributed by atoms with van der Waals surface area (Å²) in [5, 5.41) is 4.11. The molecule has 0 radical (unpaired) electrons. The first-order chi connectivity index (χ1) is 14.1. The first kappa shape index (κ1) is 21.8. The molecule has 0 aromatic heterocycles. The van der Waals surface area contributed by atoms with E-state index in [9.17, 15) is 4.79 Å². The van der Waals surface area contributed by atoms with Gasteiger partial charge in [-0.25, -0.2) is 0 Å². The van der Waals surface area contributed by atoms with Crippen molar-refractivity contribution in [2.45, 2.75) is 45.6 Å². The normalized spacial score (nSPS) is 19.9. The fourth-order valence-corrected chi connectivity index (χ4v) is 4.07. The summed E-state index contributed by atoms with van der Waals surface area (Å²) in [6.07, 6.45) is 4.23. The third-order valence-corrected chi connectivity index (χ3v) is 6.07. The summed E-state index contributed by atoms with van der Waals surface area (Å²) < 4.78 is 11.4. The number of hydrogen-bond acceptors (Lipinski definition) is 4. The fourth-order valence-electron chi connectivity index (χ4n) is 3.81. The lowest BCUT2D eigenvalue weighted by molar-refractivity contribution is -0.142. The largest absolute Gasteiger partial charge is 0.476 e. The Bertz CT molecular complexity index is 694. The smallest absolute Gasteiger partial charge is 0.265 e. The Labute approximate surface area is 179 Å². The summed E-state index contributed by atoms with van der Waals surface area (Å²) in [6.45, 7) is 8.11. The highest BCUT2D eigenvalue weighted by atomic mass is 32.1. The number of morpholine rings is 1. The molecule has 6 nitrogen and oxygen atoms in total. The predicted octanol–water partition coefficient (Wildman–Crippen LogP) is 3.20. The number of amides is 1. The Kier molecular flexibility index (Phi) is 8.12. The van der Waals surface area contributed by atoms with Crippen molar-refractivity contribution in [3.8, 4) is 5.75 Å². The van der Waals surface area contributed by atoms with Crippen LogP contribution in [0.15, 0.2) is 24.3 Å². The maximum Gasteiger partial charge on any atom is 0.265 e. The number of fused-ring (bicyclic) bond motifs is 1. The predicted molar refractivity (Wildman–Crippen MR) is 120 cm³/mol. The number of para-hydroxylation sites is 2. The third-order valence-electron chi connectivity index (χ3n) is 5.70. The topological polar surface area (TPSA) is 54.0 Å². The van der Waals surface area contributed by atoms with Crippen LogP contribution in [0.5, 0.6) is 5.75 Å². The number of anilines is 1. The van der Waals surface area contributed by atoms with Crippen molar-refractivity contribution in [1.29, 1.82) is 0 Å². The molecular formula is C22H33N3O3S. The molecule has 2 aliphatic rings. The van der Waals surface area contributed by atoms with E-state index >= 15 is 0 Å². The molecule has 1 saturated heterocycles. The van der Waals surface area contributed by atoms with Crippen LogP contribution in [-0.2, 0) is 9.53 Å². The molecule has 0 saturated carbocycles. The molecule has 0 aliphatic carbocycles. The maximum absolute atomic E-state index is 13.0. The van der Waals surface area contributed by atoms with Crippen LogP contribution < -0.4 is 15.0 Å². The molecule has 0 spiro atoms. The molecule has 160 valence electrons.